The minimum Gasteiger partial charge on any atom is -0.352 e. The standard InChI is InChI=1S/C21H26N2O2/c1-2-3-15-22-21(25)18-12-8-13-19(16-18)23-20(24)14-7-11-17-9-5-4-6-10-17/h4-6,8-10,12-13,16H,2-3,7,11,14-15H2,1H3,(H,22,25)(H,23,24). The third-order valence-corrected chi connectivity index (χ3v) is 3.94. The monoisotopic (exact) mass is 338 g/mol. The summed E-state index contributed by atoms with van der Waals surface area (Å²) >= 11 is 0. The molecule has 2 aromatic carbocycles. The van der Waals surface area contributed by atoms with E-state index in [2.05, 4.69) is 29.7 Å². The Hall–Kier alpha value is -2.62. The zero-order valence-corrected chi connectivity index (χ0v) is 14.8. The average molecular weight is 338 g/mol. The van der Waals surface area contributed by atoms with Gasteiger partial charge in [-0.2, -0.15) is 0 Å². The number of unbranched alkanes of at least 4 members (excludes halogenated alkanes) is 1. The average Bonchev–Trinajstić information content (AvgIpc) is 2.63. The van der Waals surface area contributed by atoms with Crippen LogP contribution in [0.2, 0.25) is 0 Å². The summed E-state index contributed by atoms with van der Waals surface area (Å²) in [6.07, 6.45) is 4.14. The van der Waals surface area contributed by atoms with Gasteiger partial charge in [0.25, 0.3) is 5.91 Å². The van der Waals surface area contributed by atoms with Crippen LogP contribution in [0.1, 0.15) is 48.5 Å². The van der Waals surface area contributed by atoms with Crippen LogP contribution in [0.3, 0.4) is 0 Å². The number of carbonyl (C=O) groups excluding carboxylic acids is 2. The van der Waals surface area contributed by atoms with Crippen molar-refractivity contribution >= 4 is 17.5 Å². The van der Waals surface area contributed by atoms with Crippen molar-refractivity contribution in [2.45, 2.75) is 39.0 Å². The molecule has 2 rings (SSSR count). The van der Waals surface area contributed by atoms with Crippen LogP contribution in [0.25, 0.3) is 0 Å². The van der Waals surface area contributed by atoms with E-state index in [1.807, 2.05) is 18.2 Å². The van der Waals surface area contributed by atoms with E-state index in [1.165, 1.54) is 5.56 Å². The molecule has 0 saturated carbocycles. The largest absolute Gasteiger partial charge is 0.352 e. The van der Waals surface area contributed by atoms with Crippen molar-refractivity contribution in [3.63, 3.8) is 0 Å². The molecule has 2 N–H and O–H groups in total. The quantitative estimate of drug-likeness (QED) is 0.674. The van der Waals surface area contributed by atoms with E-state index in [9.17, 15) is 9.59 Å². The Morgan fingerprint density at radius 3 is 2.52 bits per heavy atom. The fourth-order valence-corrected chi connectivity index (χ4v) is 2.54. The Kier molecular flexibility index (Phi) is 7.70. The predicted octanol–water partition coefficient (Wildman–Crippen LogP) is 4.18. The summed E-state index contributed by atoms with van der Waals surface area (Å²) in [7, 11) is 0. The van der Waals surface area contributed by atoms with Crippen LogP contribution in [0.4, 0.5) is 5.69 Å². The number of benzene rings is 2. The molecule has 0 atom stereocenters. The second-order valence-corrected chi connectivity index (χ2v) is 6.08. The molecule has 0 aromatic heterocycles. The van der Waals surface area contributed by atoms with Crippen molar-refractivity contribution in [1.29, 1.82) is 0 Å². The highest BCUT2D eigenvalue weighted by Crippen LogP contribution is 2.12. The molecule has 0 unspecified atom stereocenters. The topological polar surface area (TPSA) is 58.2 Å². The highest BCUT2D eigenvalue weighted by Gasteiger charge is 2.07. The number of hydrogen-bond acceptors (Lipinski definition) is 2. The summed E-state index contributed by atoms with van der Waals surface area (Å²) in [5.41, 5.74) is 2.46. The van der Waals surface area contributed by atoms with Crippen molar-refractivity contribution in [2.75, 3.05) is 11.9 Å². The molecule has 2 amide bonds. The first-order valence-corrected chi connectivity index (χ1v) is 8.91. The fourth-order valence-electron chi connectivity index (χ4n) is 2.54. The van der Waals surface area contributed by atoms with Gasteiger partial charge in [-0.3, -0.25) is 9.59 Å². The molecule has 0 heterocycles. The Bertz CT molecular complexity index is 683. The summed E-state index contributed by atoms with van der Waals surface area (Å²) in [4.78, 5) is 24.1. The maximum absolute atomic E-state index is 12.1. The first-order valence-electron chi connectivity index (χ1n) is 8.91. The molecule has 0 radical (unpaired) electrons. The maximum Gasteiger partial charge on any atom is 0.251 e. The second kappa shape index (κ2) is 10.3. The van der Waals surface area contributed by atoms with Gasteiger partial charge in [0.1, 0.15) is 0 Å². The Labute approximate surface area is 149 Å². The van der Waals surface area contributed by atoms with Crippen molar-refractivity contribution in [1.82, 2.24) is 5.32 Å². The van der Waals surface area contributed by atoms with E-state index < -0.39 is 0 Å². The number of anilines is 1. The third-order valence-electron chi connectivity index (χ3n) is 3.94. The van der Waals surface area contributed by atoms with Gasteiger partial charge in [0, 0.05) is 24.2 Å². The molecule has 0 aliphatic rings. The van der Waals surface area contributed by atoms with Gasteiger partial charge in [-0.05, 0) is 43.0 Å². The lowest BCUT2D eigenvalue weighted by molar-refractivity contribution is -0.116. The van der Waals surface area contributed by atoms with Gasteiger partial charge >= 0.3 is 0 Å². The first-order chi connectivity index (χ1) is 12.2. The molecule has 0 aliphatic heterocycles. The molecule has 25 heavy (non-hydrogen) atoms. The van der Waals surface area contributed by atoms with Gasteiger partial charge in [0.15, 0.2) is 0 Å². The van der Waals surface area contributed by atoms with Crippen LogP contribution in [0.15, 0.2) is 54.6 Å². The van der Waals surface area contributed by atoms with Gasteiger partial charge in [-0.1, -0.05) is 49.7 Å². The third kappa shape index (κ3) is 6.79. The van der Waals surface area contributed by atoms with Crippen LogP contribution < -0.4 is 10.6 Å². The van der Waals surface area contributed by atoms with E-state index in [-0.39, 0.29) is 11.8 Å². The van der Waals surface area contributed by atoms with Crippen molar-refractivity contribution < 1.29 is 9.59 Å². The summed E-state index contributed by atoms with van der Waals surface area (Å²) in [6, 6.07) is 17.2. The van der Waals surface area contributed by atoms with E-state index >= 15 is 0 Å². The molecule has 0 fully saturated rings. The van der Waals surface area contributed by atoms with Crippen molar-refractivity contribution in [2.24, 2.45) is 0 Å². The van der Waals surface area contributed by atoms with Crippen LogP contribution in [-0.4, -0.2) is 18.4 Å². The Morgan fingerprint density at radius 2 is 1.76 bits per heavy atom. The highest BCUT2D eigenvalue weighted by molar-refractivity contribution is 5.97. The summed E-state index contributed by atoms with van der Waals surface area (Å²) in [6.45, 7) is 2.76. The number of rotatable bonds is 9. The van der Waals surface area contributed by atoms with Gasteiger partial charge < -0.3 is 10.6 Å². The lowest BCUT2D eigenvalue weighted by Crippen LogP contribution is -2.24. The lowest BCUT2D eigenvalue weighted by atomic mass is 10.1. The second-order valence-electron chi connectivity index (χ2n) is 6.08. The van der Waals surface area contributed by atoms with E-state index in [0.717, 1.165) is 25.7 Å². The molecule has 0 bridgehead atoms. The highest BCUT2D eigenvalue weighted by atomic mass is 16.2. The van der Waals surface area contributed by atoms with Crippen LogP contribution in [0.5, 0.6) is 0 Å². The molecule has 2 aromatic rings. The zero-order chi connectivity index (χ0) is 17.9. The van der Waals surface area contributed by atoms with E-state index in [1.54, 1.807) is 24.3 Å². The Morgan fingerprint density at radius 1 is 0.960 bits per heavy atom. The van der Waals surface area contributed by atoms with Crippen LogP contribution >= 0.6 is 0 Å². The number of hydrogen-bond donors (Lipinski definition) is 2. The van der Waals surface area contributed by atoms with E-state index in [0.29, 0.717) is 24.2 Å². The number of amides is 2. The zero-order valence-electron chi connectivity index (χ0n) is 14.8. The van der Waals surface area contributed by atoms with Gasteiger partial charge in [-0.15, -0.1) is 0 Å². The number of carbonyl (C=O) groups is 2. The normalized spacial score (nSPS) is 10.3. The lowest BCUT2D eigenvalue weighted by Gasteiger charge is -2.08. The molecular formula is C21H26N2O2. The molecular weight excluding hydrogens is 312 g/mol. The van der Waals surface area contributed by atoms with Crippen molar-refractivity contribution in [3.8, 4) is 0 Å². The first kappa shape index (κ1) is 18.7. The van der Waals surface area contributed by atoms with Gasteiger partial charge in [0.2, 0.25) is 5.91 Å². The Balaban J connectivity index is 1.80. The molecule has 4 nitrogen and oxygen atoms in total. The molecule has 4 heteroatoms. The minimum absolute atomic E-state index is 0.0283. The number of nitrogens with one attached hydrogen (secondary N) is 2. The number of aryl methyl sites for hydroxylation is 1. The molecule has 0 aliphatic carbocycles. The summed E-state index contributed by atoms with van der Waals surface area (Å²) in [5.74, 6) is -0.131. The molecule has 0 saturated heterocycles. The SMILES string of the molecule is CCCCNC(=O)c1cccc(NC(=O)CCCc2ccccc2)c1. The molecule has 132 valence electrons. The van der Waals surface area contributed by atoms with Gasteiger partial charge in [-0.25, -0.2) is 0 Å². The van der Waals surface area contributed by atoms with Crippen LogP contribution in [0, 0.1) is 0 Å². The molecule has 0 spiro atoms. The predicted molar refractivity (Wildman–Crippen MR) is 102 cm³/mol. The van der Waals surface area contributed by atoms with Crippen molar-refractivity contribution in [3.05, 3.63) is 65.7 Å². The summed E-state index contributed by atoms with van der Waals surface area (Å²) < 4.78 is 0. The maximum atomic E-state index is 12.1. The smallest absolute Gasteiger partial charge is 0.251 e. The van der Waals surface area contributed by atoms with Gasteiger partial charge in [0.05, 0.1) is 0 Å². The van der Waals surface area contributed by atoms with E-state index in [4.69, 9.17) is 0 Å². The minimum atomic E-state index is -0.103. The summed E-state index contributed by atoms with van der Waals surface area (Å²) in [5, 5.41) is 5.75. The fraction of sp³-hybridized carbons (Fsp3) is 0.333. The van der Waals surface area contributed by atoms with Crippen LogP contribution in [-0.2, 0) is 11.2 Å².